The first-order chi connectivity index (χ1) is 7.14. The van der Waals surface area contributed by atoms with Crippen LogP contribution in [0.4, 0.5) is 0 Å². The number of hydrogen-bond acceptors (Lipinski definition) is 1. The molecule has 0 fully saturated rings. The van der Waals surface area contributed by atoms with Crippen LogP contribution in [-0.4, -0.2) is 30.6 Å². The Labute approximate surface area is 99.8 Å². The first kappa shape index (κ1) is 15.1. The zero-order valence-electron chi connectivity index (χ0n) is 10.8. The predicted octanol–water partition coefficient (Wildman–Crippen LogP) is 3.28. The zero-order chi connectivity index (χ0) is 11.1. The van der Waals surface area contributed by atoms with E-state index in [9.17, 15) is 0 Å². The van der Waals surface area contributed by atoms with Crippen LogP contribution in [0.1, 0.15) is 31.7 Å². The third-order valence-electron chi connectivity index (χ3n) is 2.82. The summed E-state index contributed by atoms with van der Waals surface area (Å²) in [5.41, 5.74) is 1.44. The van der Waals surface area contributed by atoms with E-state index in [0.717, 1.165) is 11.0 Å². The largest absolute Gasteiger partial charge is 0.870 e. The molecule has 92 valence electrons. The van der Waals surface area contributed by atoms with Gasteiger partial charge in [-0.25, -0.2) is 0 Å². The van der Waals surface area contributed by atoms with Crippen molar-refractivity contribution in [3.05, 3.63) is 35.9 Å². The van der Waals surface area contributed by atoms with Crippen molar-refractivity contribution in [1.29, 1.82) is 0 Å². The van der Waals surface area contributed by atoms with Crippen molar-refractivity contribution in [3.8, 4) is 0 Å². The monoisotopic (exact) mass is 223 g/mol. The van der Waals surface area contributed by atoms with Crippen LogP contribution in [0.2, 0.25) is 0 Å². The maximum atomic E-state index is 2.32. The van der Waals surface area contributed by atoms with Crippen LogP contribution in [0.3, 0.4) is 0 Å². The Bertz CT molecular complexity index is 269. The summed E-state index contributed by atoms with van der Waals surface area (Å²) in [5.74, 6) is 0. The quantitative estimate of drug-likeness (QED) is 0.537. The lowest BCUT2D eigenvalue weighted by Crippen LogP contribution is -2.39. The van der Waals surface area contributed by atoms with E-state index in [1.165, 1.54) is 31.4 Å². The summed E-state index contributed by atoms with van der Waals surface area (Å²) in [7, 11) is 4.64. The van der Waals surface area contributed by atoms with Crippen molar-refractivity contribution in [3.63, 3.8) is 0 Å². The molecule has 0 amide bonds. The molecule has 0 saturated heterocycles. The Hall–Kier alpha value is -0.860. The van der Waals surface area contributed by atoms with Crippen LogP contribution in [0, 0.1) is 0 Å². The van der Waals surface area contributed by atoms with E-state index in [0.29, 0.717) is 0 Å². The van der Waals surface area contributed by atoms with Gasteiger partial charge in [0.15, 0.2) is 0 Å². The summed E-state index contributed by atoms with van der Waals surface area (Å²) in [6, 6.07) is 10.8. The lowest BCUT2D eigenvalue weighted by atomic mass is 10.2. The van der Waals surface area contributed by atoms with Gasteiger partial charge in [-0.15, -0.1) is 0 Å². The van der Waals surface area contributed by atoms with Crippen molar-refractivity contribution in [2.75, 3.05) is 20.6 Å². The minimum atomic E-state index is 0. The van der Waals surface area contributed by atoms with Gasteiger partial charge in [0, 0.05) is 5.56 Å². The van der Waals surface area contributed by atoms with E-state index in [4.69, 9.17) is 0 Å². The molecule has 1 aromatic rings. The Balaban J connectivity index is 0.00000225. The second kappa shape index (κ2) is 7.42. The van der Waals surface area contributed by atoms with Gasteiger partial charge in [0.1, 0.15) is 6.54 Å². The second-order valence-electron chi connectivity index (χ2n) is 5.01. The van der Waals surface area contributed by atoms with Crippen molar-refractivity contribution in [2.24, 2.45) is 0 Å². The summed E-state index contributed by atoms with van der Waals surface area (Å²) in [6.07, 6.45) is 4.01. The van der Waals surface area contributed by atoms with E-state index >= 15 is 0 Å². The van der Waals surface area contributed by atoms with Gasteiger partial charge in [-0.05, 0) is 12.8 Å². The molecule has 0 aliphatic rings. The molecule has 0 saturated carbocycles. The van der Waals surface area contributed by atoms with Crippen LogP contribution >= 0.6 is 0 Å². The van der Waals surface area contributed by atoms with E-state index in [2.05, 4.69) is 51.4 Å². The van der Waals surface area contributed by atoms with Gasteiger partial charge in [-0.2, -0.15) is 0 Å². The fourth-order valence-corrected chi connectivity index (χ4v) is 1.95. The number of quaternary nitrogens is 1. The summed E-state index contributed by atoms with van der Waals surface area (Å²) in [4.78, 5) is 0. The van der Waals surface area contributed by atoms with Gasteiger partial charge >= 0.3 is 0 Å². The van der Waals surface area contributed by atoms with Crippen LogP contribution in [0.15, 0.2) is 30.3 Å². The Morgan fingerprint density at radius 2 is 1.62 bits per heavy atom. The average molecular weight is 223 g/mol. The number of benzene rings is 1. The molecule has 0 aliphatic carbocycles. The van der Waals surface area contributed by atoms with Crippen molar-refractivity contribution in [2.45, 2.75) is 32.7 Å². The molecule has 1 N–H and O–H groups in total. The van der Waals surface area contributed by atoms with Crippen LogP contribution in [-0.2, 0) is 6.54 Å². The SMILES string of the molecule is CCCCC[N+](C)(C)Cc1ccccc1.[OH-]. The molecular formula is C14H25NO. The third-order valence-corrected chi connectivity index (χ3v) is 2.82. The average Bonchev–Trinajstić information content (AvgIpc) is 2.18. The van der Waals surface area contributed by atoms with Gasteiger partial charge in [-0.1, -0.05) is 43.7 Å². The lowest BCUT2D eigenvalue weighted by Gasteiger charge is -2.30. The molecule has 1 rings (SSSR count). The minimum absolute atomic E-state index is 0. The molecule has 1 aromatic carbocycles. The standard InChI is InChI=1S/C14H24N.H2O/c1-4-5-9-12-15(2,3)13-14-10-7-6-8-11-14;/h6-8,10-11H,4-5,9,12-13H2,1-3H3;1H2/q+1;/p-1. The van der Waals surface area contributed by atoms with Crippen LogP contribution in [0.5, 0.6) is 0 Å². The Morgan fingerprint density at radius 1 is 1.00 bits per heavy atom. The van der Waals surface area contributed by atoms with Crippen LogP contribution < -0.4 is 0 Å². The summed E-state index contributed by atoms with van der Waals surface area (Å²) in [6.45, 7) is 4.69. The molecule has 0 radical (unpaired) electrons. The first-order valence-electron chi connectivity index (χ1n) is 6.00. The second-order valence-corrected chi connectivity index (χ2v) is 5.01. The van der Waals surface area contributed by atoms with Crippen molar-refractivity contribution in [1.82, 2.24) is 0 Å². The topological polar surface area (TPSA) is 30.0 Å². The van der Waals surface area contributed by atoms with Gasteiger partial charge in [-0.3, -0.25) is 0 Å². The fourth-order valence-electron chi connectivity index (χ4n) is 1.95. The van der Waals surface area contributed by atoms with E-state index in [-0.39, 0.29) is 5.48 Å². The molecule has 0 aromatic heterocycles. The molecule has 0 spiro atoms. The highest BCUT2D eigenvalue weighted by Crippen LogP contribution is 2.10. The van der Waals surface area contributed by atoms with Crippen molar-refractivity contribution < 1.29 is 9.96 Å². The van der Waals surface area contributed by atoms with E-state index in [1.54, 1.807) is 0 Å². The molecule has 0 aliphatic heterocycles. The summed E-state index contributed by atoms with van der Waals surface area (Å²) in [5, 5.41) is 0. The molecule has 2 nitrogen and oxygen atoms in total. The molecular weight excluding hydrogens is 198 g/mol. The van der Waals surface area contributed by atoms with Gasteiger partial charge < -0.3 is 9.96 Å². The Kier molecular flexibility index (Phi) is 7.02. The fraction of sp³-hybridized carbons (Fsp3) is 0.571. The number of hydrogen-bond donors (Lipinski definition) is 0. The van der Waals surface area contributed by atoms with E-state index in [1.807, 2.05) is 0 Å². The molecule has 0 heterocycles. The van der Waals surface area contributed by atoms with E-state index < -0.39 is 0 Å². The maximum absolute atomic E-state index is 2.32. The highest BCUT2D eigenvalue weighted by atomic mass is 16.0. The van der Waals surface area contributed by atoms with Gasteiger partial charge in [0.25, 0.3) is 0 Å². The first-order valence-corrected chi connectivity index (χ1v) is 6.00. The normalized spacial score (nSPS) is 10.9. The molecule has 0 atom stereocenters. The number of rotatable bonds is 6. The lowest BCUT2D eigenvalue weighted by molar-refractivity contribution is -0.903. The van der Waals surface area contributed by atoms with Crippen molar-refractivity contribution >= 4 is 0 Å². The molecule has 0 unspecified atom stereocenters. The molecule has 16 heavy (non-hydrogen) atoms. The smallest absolute Gasteiger partial charge is 0.104 e. The van der Waals surface area contributed by atoms with Gasteiger partial charge in [0.2, 0.25) is 0 Å². The molecule has 0 bridgehead atoms. The Morgan fingerprint density at radius 3 is 2.19 bits per heavy atom. The predicted molar refractivity (Wildman–Crippen MR) is 68.6 cm³/mol. The highest BCUT2D eigenvalue weighted by Gasteiger charge is 2.14. The zero-order valence-corrected chi connectivity index (χ0v) is 10.8. The van der Waals surface area contributed by atoms with Crippen LogP contribution in [0.25, 0.3) is 0 Å². The minimum Gasteiger partial charge on any atom is -0.870 e. The van der Waals surface area contributed by atoms with Gasteiger partial charge in [0.05, 0.1) is 20.6 Å². The highest BCUT2D eigenvalue weighted by molar-refractivity contribution is 5.13. The number of unbranched alkanes of at least 4 members (excludes halogenated alkanes) is 2. The third kappa shape index (κ3) is 5.89. The summed E-state index contributed by atoms with van der Waals surface area (Å²) < 4.78 is 1.10. The maximum Gasteiger partial charge on any atom is 0.104 e. The summed E-state index contributed by atoms with van der Waals surface area (Å²) >= 11 is 0. The molecule has 2 heteroatoms. The number of nitrogens with zero attached hydrogens (tertiary/aromatic N) is 1.